The number of aromatic amines is 1. The van der Waals surface area contributed by atoms with Crippen molar-refractivity contribution in [1.29, 1.82) is 0 Å². The summed E-state index contributed by atoms with van der Waals surface area (Å²) >= 11 is 0. The molecule has 2 aromatic rings. The number of hydrogen-bond acceptors (Lipinski definition) is 5. The summed E-state index contributed by atoms with van der Waals surface area (Å²) in [7, 11) is 0. The van der Waals surface area contributed by atoms with Gasteiger partial charge in [0.2, 0.25) is 0 Å². The van der Waals surface area contributed by atoms with Crippen molar-refractivity contribution in [3.8, 4) is 5.75 Å². The van der Waals surface area contributed by atoms with Crippen LogP contribution in [0, 0.1) is 12.8 Å². The SMILES string of the molecule is CCc1cc(O)ccc1C1CCC2C(C1)NNC2c1nc(C2=CCNCC2)c(C)[nH]1. The smallest absolute Gasteiger partial charge is 0.125 e. The third kappa shape index (κ3) is 3.57. The molecule has 0 bridgehead atoms. The molecule has 4 atom stereocenters. The van der Waals surface area contributed by atoms with Gasteiger partial charge in [-0.2, -0.15) is 0 Å². The first-order valence-corrected chi connectivity index (χ1v) is 11.4. The molecule has 3 heterocycles. The minimum atomic E-state index is 0.233. The standard InChI is InChI=1S/C24H33N5O/c1-3-15-12-18(30)5-7-19(15)17-4-6-20-21(13-17)28-29-23(20)24-26-14(2)22(27-24)16-8-10-25-11-9-16/h5,7-8,12,17,20-21,23,25,28-30H,3-4,6,9-11,13H2,1-2H3,(H,26,27). The van der Waals surface area contributed by atoms with Gasteiger partial charge in [-0.05, 0) is 86.2 Å². The van der Waals surface area contributed by atoms with Crippen LogP contribution < -0.4 is 16.2 Å². The third-order valence-electron chi connectivity index (χ3n) is 7.27. The lowest BCUT2D eigenvalue weighted by atomic mass is 9.73. The molecule has 0 amide bonds. The van der Waals surface area contributed by atoms with Gasteiger partial charge >= 0.3 is 0 Å². The summed E-state index contributed by atoms with van der Waals surface area (Å²) in [4.78, 5) is 8.62. The van der Waals surface area contributed by atoms with E-state index in [-0.39, 0.29) is 6.04 Å². The maximum Gasteiger partial charge on any atom is 0.125 e. The third-order valence-corrected chi connectivity index (χ3v) is 7.27. The van der Waals surface area contributed by atoms with Crippen molar-refractivity contribution >= 4 is 5.57 Å². The molecule has 1 aromatic heterocycles. The molecular formula is C24H33N5O. The number of aromatic nitrogens is 2. The van der Waals surface area contributed by atoms with Crippen LogP contribution in [0.2, 0.25) is 0 Å². The Morgan fingerprint density at radius 1 is 1.20 bits per heavy atom. The highest BCUT2D eigenvalue weighted by Gasteiger charge is 2.42. The minimum absolute atomic E-state index is 0.233. The van der Waals surface area contributed by atoms with Crippen LogP contribution in [0.3, 0.4) is 0 Å². The summed E-state index contributed by atoms with van der Waals surface area (Å²) < 4.78 is 0. The molecule has 0 radical (unpaired) electrons. The molecule has 3 aliphatic rings. The van der Waals surface area contributed by atoms with Gasteiger partial charge in [0.05, 0.1) is 11.7 Å². The van der Waals surface area contributed by atoms with Crippen molar-refractivity contribution in [3.63, 3.8) is 0 Å². The van der Waals surface area contributed by atoms with Gasteiger partial charge < -0.3 is 15.4 Å². The second-order valence-electron chi connectivity index (χ2n) is 9.06. The van der Waals surface area contributed by atoms with E-state index in [0.717, 1.165) is 43.9 Å². The van der Waals surface area contributed by atoms with E-state index in [1.807, 2.05) is 12.1 Å². The van der Waals surface area contributed by atoms with Crippen molar-refractivity contribution in [1.82, 2.24) is 26.1 Å². The number of rotatable bonds is 4. The predicted octanol–water partition coefficient (Wildman–Crippen LogP) is 3.46. The molecule has 160 valence electrons. The molecule has 5 N–H and O–H groups in total. The van der Waals surface area contributed by atoms with Crippen molar-refractivity contribution in [2.45, 2.75) is 64.0 Å². The molecular weight excluding hydrogens is 374 g/mol. The van der Waals surface area contributed by atoms with Crippen LogP contribution in [0.4, 0.5) is 0 Å². The van der Waals surface area contributed by atoms with E-state index in [1.165, 1.54) is 35.2 Å². The summed E-state index contributed by atoms with van der Waals surface area (Å²) in [6.45, 7) is 6.27. The molecule has 0 spiro atoms. The fourth-order valence-electron chi connectivity index (χ4n) is 5.69. The Balaban J connectivity index is 1.33. The number of phenolic OH excluding ortho intramolecular Hbond substituents is 1. The van der Waals surface area contributed by atoms with E-state index in [2.05, 4.69) is 47.1 Å². The van der Waals surface area contributed by atoms with Gasteiger partial charge in [-0.3, -0.25) is 5.43 Å². The van der Waals surface area contributed by atoms with Crippen molar-refractivity contribution < 1.29 is 5.11 Å². The Morgan fingerprint density at radius 3 is 2.90 bits per heavy atom. The van der Waals surface area contributed by atoms with E-state index in [0.29, 0.717) is 23.6 Å². The predicted molar refractivity (Wildman–Crippen MR) is 119 cm³/mol. The van der Waals surface area contributed by atoms with Gasteiger partial charge in [0.1, 0.15) is 11.6 Å². The highest BCUT2D eigenvalue weighted by molar-refractivity contribution is 5.65. The summed E-state index contributed by atoms with van der Waals surface area (Å²) in [6, 6.07) is 6.59. The maximum atomic E-state index is 9.86. The largest absolute Gasteiger partial charge is 0.508 e. The zero-order valence-electron chi connectivity index (χ0n) is 18.0. The van der Waals surface area contributed by atoms with E-state index >= 15 is 0 Å². The number of H-pyrrole nitrogens is 1. The highest BCUT2D eigenvalue weighted by atomic mass is 16.3. The first kappa shape index (κ1) is 19.8. The zero-order valence-corrected chi connectivity index (χ0v) is 18.0. The molecule has 1 saturated carbocycles. The number of imidazole rings is 1. The van der Waals surface area contributed by atoms with Crippen LogP contribution in [-0.2, 0) is 6.42 Å². The Kier molecular flexibility index (Phi) is 5.39. The molecule has 2 fully saturated rings. The van der Waals surface area contributed by atoms with Crippen LogP contribution in [0.5, 0.6) is 5.75 Å². The lowest BCUT2D eigenvalue weighted by Crippen LogP contribution is -2.35. The minimum Gasteiger partial charge on any atom is -0.508 e. The normalized spacial score (nSPS) is 28.9. The van der Waals surface area contributed by atoms with Crippen LogP contribution in [0.15, 0.2) is 24.3 Å². The van der Waals surface area contributed by atoms with E-state index in [4.69, 9.17) is 4.98 Å². The molecule has 2 aliphatic heterocycles. The molecule has 4 unspecified atom stereocenters. The molecule has 1 aliphatic carbocycles. The van der Waals surface area contributed by atoms with Gasteiger partial charge in [0, 0.05) is 18.3 Å². The zero-order chi connectivity index (χ0) is 20.7. The summed E-state index contributed by atoms with van der Waals surface area (Å²) in [5.41, 5.74) is 13.5. The summed E-state index contributed by atoms with van der Waals surface area (Å²) in [6.07, 6.45) is 7.75. The fraction of sp³-hybridized carbons (Fsp3) is 0.542. The maximum absolute atomic E-state index is 9.86. The Bertz CT molecular complexity index is 949. The quantitative estimate of drug-likeness (QED) is 0.536. The number of nitrogens with one attached hydrogen (secondary N) is 4. The molecule has 30 heavy (non-hydrogen) atoms. The first-order valence-electron chi connectivity index (χ1n) is 11.4. The van der Waals surface area contributed by atoms with Gasteiger partial charge in [0.15, 0.2) is 0 Å². The Morgan fingerprint density at radius 2 is 2.10 bits per heavy atom. The fourth-order valence-corrected chi connectivity index (χ4v) is 5.69. The van der Waals surface area contributed by atoms with Crippen LogP contribution >= 0.6 is 0 Å². The Hall–Kier alpha value is -2.15. The van der Waals surface area contributed by atoms with Gasteiger partial charge in [-0.15, -0.1) is 0 Å². The van der Waals surface area contributed by atoms with Crippen LogP contribution in [-0.4, -0.2) is 34.2 Å². The van der Waals surface area contributed by atoms with Gasteiger partial charge in [-0.25, -0.2) is 10.4 Å². The van der Waals surface area contributed by atoms with E-state index in [9.17, 15) is 5.11 Å². The van der Waals surface area contributed by atoms with Crippen molar-refractivity contribution in [2.24, 2.45) is 5.92 Å². The molecule has 1 aromatic carbocycles. The van der Waals surface area contributed by atoms with Crippen LogP contribution in [0.1, 0.15) is 72.9 Å². The number of hydrazine groups is 1. The number of benzene rings is 1. The second-order valence-corrected chi connectivity index (χ2v) is 9.06. The molecule has 6 heteroatoms. The molecule has 6 nitrogen and oxygen atoms in total. The number of aromatic hydroxyl groups is 1. The summed E-state index contributed by atoms with van der Waals surface area (Å²) in [5, 5.41) is 13.2. The second kappa shape index (κ2) is 8.17. The monoisotopic (exact) mass is 407 g/mol. The van der Waals surface area contributed by atoms with Gasteiger partial charge in [0.25, 0.3) is 0 Å². The number of fused-ring (bicyclic) bond motifs is 1. The average molecular weight is 408 g/mol. The number of phenols is 1. The van der Waals surface area contributed by atoms with Crippen LogP contribution in [0.25, 0.3) is 5.57 Å². The topological polar surface area (TPSA) is 85.0 Å². The number of nitrogens with zero attached hydrogens (tertiary/aromatic N) is 1. The van der Waals surface area contributed by atoms with Crippen molar-refractivity contribution in [3.05, 3.63) is 52.6 Å². The van der Waals surface area contributed by atoms with Gasteiger partial charge in [-0.1, -0.05) is 19.1 Å². The molecule has 1 saturated heterocycles. The lowest BCUT2D eigenvalue weighted by Gasteiger charge is -2.33. The van der Waals surface area contributed by atoms with Crippen molar-refractivity contribution in [2.75, 3.05) is 13.1 Å². The number of hydrogen-bond donors (Lipinski definition) is 5. The number of aryl methyl sites for hydroxylation is 2. The van der Waals surface area contributed by atoms with E-state index < -0.39 is 0 Å². The summed E-state index contributed by atoms with van der Waals surface area (Å²) in [5.74, 6) is 2.53. The van der Waals surface area contributed by atoms with E-state index in [1.54, 1.807) is 0 Å². The molecule has 5 rings (SSSR count). The average Bonchev–Trinajstić information content (AvgIpc) is 3.37. The highest BCUT2D eigenvalue weighted by Crippen LogP contribution is 2.44. The first-order chi connectivity index (χ1) is 14.6. The Labute approximate surface area is 178 Å². The lowest BCUT2D eigenvalue weighted by molar-refractivity contribution is 0.276.